The molecule has 12 heteroatoms. The van der Waals surface area contributed by atoms with Crippen molar-refractivity contribution in [1.82, 2.24) is 20.2 Å². The number of piperidine rings is 1. The molecule has 2 aromatic heterocycles. The lowest BCUT2D eigenvalue weighted by Crippen LogP contribution is -2.44. The molecule has 1 aliphatic rings. The van der Waals surface area contributed by atoms with Crippen molar-refractivity contribution < 1.29 is 31.9 Å². The van der Waals surface area contributed by atoms with Crippen LogP contribution in [0.2, 0.25) is 0 Å². The van der Waals surface area contributed by atoms with Crippen molar-refractivity contribution in [2.45, 2.75) is 57.3 Å². The van der Waals surface area contributed by atoms with Gasteiger partial charge in [0, 0.05) is 24.7 Å². The van der Waals surface area contributed by atoms with Crippen LogP contribution in [-0.2, 0) is 11.0 Å². The Hall–Kier alpha value is -3.93. The fraction of sp³-hybridized carbons (Fsp3) is 0.429. The quantitative estimate of drug-likeness (QED) is 0.353. The summed E-state index contributed by atoms with van der Waals surface area (Å²) < 4.78 is 52.4. The highest BCUT2D eigenvalue weighted by atomic mass is 19.4. The Bertz CT molecular complexity index is 1270. The standard InChI is InChI=1S/C28H32F3N5O4/c1-3-4-10-21(25(37)33-19-11-12-22(32-17-19)39-20-13-15-36(2)16-14-20)34-26(38)23-24(28(29,30)31)35-27(40-23)18-8-6-5-7-9-18/h5-9,11-12,17,20-21H,3-4,10,13-16H2,1-2H3,(H,33,37)(H,34,38). The molecule has 0 aliphatic carbocycles. The molecule has 0 radical (unpaired) electrons. The van der Waals surface area contributed by atoms with E-state index in [1.807, 2.05) is 6.92 Å². The van der Waals surface area contributed by atoms with E-state index in [1.165, 1.54) is 18.3 Å². The van der Waals surface area contributed by atoms with Crippen LogP contribution in [0.25, 0.3) is 11.5 Å². The minimum atomic E-state index is -4.94. The number of nitrogens with one attached hydrogen (secondary N) is 2. The topological polar surface area (TPSA) is 110 Å². The molecular weight excluding hydrogens is 527 g/mol. The van der Waals surface area contributed by atoms with E-state index < -0.39 is 35.5 Å². The number of hydrogen-bond acceptors (Lipinski definition) is 7. The highest BCUT2D eigenvalue weighted by molar-refractivity contribution is 6.00. The van der Waals surface area contributed by atoms with E-state index in [-0.39, 0.29) is 24.0 Å². The van der Waals surface area contributed by atoms with Crippen LogP contribution >= 0.6 is 0 Å². The number of pyridine rings is 1. The molecule has 0 saturated carbocycles. The highest BCUT2D eigenvalue weighted by Gasteiger charge is 2.42. The van der Waals surface area contributed by atoms with Gasteiger partial charge < -0.3 is 24.7 Å². The predicted molar refractivity (Wildman–Crippen MR) is 142 cm³/mol. The number of oxazole rings is 1. The molecule has 3 aromatic rings. The fourth-order valence-corrected chi connectivity index (χ4v) is 4.30. The number of amides is 2. The fourth-order valence-electron chi connectivity index (χ4n) is 4.30. The molecule has 0 bridgehead atoms. The third-order valence-electron chi connectivity index (χ3n) is 6.55. The zero-order valence-electron chi connectivity index (χ0n) is 22.3. The van der Waals surface area contributed by atoms with Crippen molar-refractivity contribution in [2.24, 2.45) is 0 Å². The molecule has 1 saturated heterocycles. The van der Waals surface area contributed by atoms with Crippen LogP contribution in [0.5, 0.6) is 5.88 Å². The summed E-state index contributed by atoms with van der Waals surface area (Å²) in [4.78, 5) is 36.1. The highest BCUT2D eigenvalue weighted by Crippen LogP contribution is 2.34. The van der Waals surface area contributed by atoms with E-state index in [1.54, 1.807) is 30.3 Å². The molecular formula is C28H32F3N5O4. The lowest BCUT2D eigenvalue weighted by Gasteiger charge is -2.28. The van der Waals surface area contributed by atoms with Crippen LogP contribution in [0.4, 0.5) is 18.9 Å². The number of likely N-dealkylation sites (tertiary alicyclic amines) is 1. The predicted octanol–water partition coefficient (Wildman–Crippen LogP) is 5.16. The second kappa shape index (κ2) is 12.9. The zero-order chi connectivity index (χ0) is 28.7. The first-order chi connectivity index (χ1) is 19.1. The number of alkyl halides is 3. The average molecular weight is 560 g/mol. The van der Waals surface area contributed by atoms with Crippen LogP contribution in [0.1, 0.15) is 55.3 Å². The summed E-state index contributed by atoms with van der Waals surface area (Å²) in [7, 11) is 2.06. The molecule has 2 amide bonds. The van der Waals surface area contributed by atoms with Crippen molar-refractivity contribution in [1.29, 1.82) is 0 Å². The molecule has 214 valence electrons. The number of halogens is 3. The lowest BCUT2D eigenvalue weighted by atomic mass is 10.1. The number of carbonyl (C=O) groups excluding carboxylic acids is 2. The number of benzene rings is 1. The Morgan fingerprint density at radius 1 is 1.15 bits per heavy atom. The lowest BCUT2D eigenvalue weighted by molar-refractivity contribution is -0.141. The first-order valence-electron chi connectivity index (χ1n) is 13.2. The van der Waals surface area contributed by atoms with Gasteiger partial charge in [0.05, 0.1) is 11.9 Å². The van der Waals surface area contributed by atoms with Crippen LogP contribution in [-0.4, -0.2) is 59.0 Å². The number of ether oxygens (including phenoxy) is 1. The molecule has 3 heterocycles. The molecule has 1 aliphatic heterocycles. The molecule has 1 aromatic carbocycles. The van der Waals surface area contributed by atoms with Gasteiger partial charge in [-0.1, -0.05) is 38.0 Å². The summed E-state index contributed by atoms with van der Waals surface area (Å²) >= 11 is 0. The summed E-state index contributed by atoms with van der Waals surface area (Å²) in [6.45, 7) is 3.78. The molecule has 0 spiro atoms. The van der Waals surface area contributed by atoms with Gasteiger partial charge in [0.1, 0.15) is 12.1 Å². The molecule has 2 N–H and O–H groups in total. The maximum Gasteiger partial charge on any atom is 0.437 e. The molecule has 1 atom stereocenters. The third kappa shape index (κ3) is 7.59. The molecule has 1 fully saturated rings. The van der Waals surface area contributed by atoms with E-state index in [0.29, 0.717) is 24.4 Å². The van der Waals surface area contributed by atoms with E-state index in [2.05, 4.69) is 32.5 Å². The summed E-state index contributed by atoms with van der Waals surface area (Å²) in [5.74, 6) is -2.69. The first-order valence-corrected chi connectivity index (χ1v) is 13.2. The Morgan fingerprint density at radius 2 is 1.88 bits per heavy atom. The average Bonchev–Trinajstić information content (AvgIpc) is 3.40. The number of anilines is 1. The molecule has 1 unspecified atom stereocenters. The second-order valence-corrected chi connectivity index (χ2v) is 9.72. The number of rotatable bonds is 10. The monoisotopic (exact) mass is 559 g/mol. The number of nitrogens with zero attached hydrogens (tertiary/aromatic N) is 3. The van der Waals surface area contributed by atoms with E-state index in [9.17, 15) is 22.8 Å². The number of unbranched alkanes of at least 4 members (excludes halogenated alkanes) is 1. The van der Waals surface area contributed by atoms with E-state index in [4.69, 9.17) is 9.15 Å². The van der Waals surface area contributed by atoms with Crippen LogP contribution < -0.4 is 15.4 Å². The maximum atomic E-state index is 13.7. The van der Waals surface area contributed by atoms with Gasteiger partial charge in [0.15, 0.2) is 5.69 Å². The van der Waals surface area contributed by atoms with Gasteiger partial charge in [0.25, 0.3) is 5.91 Å². The van der Waals surface area contributed by atoms with Gasteiger partial charge in [-0.05, 0) is 44.5 Å². The van der Waals surface area contributed by atoms with Crippen LogP contribution in [0.15, 0.2) is 53.1 Å². The van der Waals surface area contributed by atoms with E-state index >= 15 is 0 Å². The Kier molecular flexibility index (Phi) is 9.41. The SMILES string of the molecule is CCCCC(NC(=O)c1oc(-c2ccccc2)nc1C(F)(F)F)C(=O)Nc1ccc(OC2CCN(C)CC2)nc1. The zero-order valence-corrected chi connectivity index (χ0v) is 22.3. The van der Waals surface area contributed by atoms with E-state index in [0.717, 1.165) is 25.9 Å². The minimum Gasteiger partial charge on any atom is -0.474 e. The van der Waals surface area contributed by atoms with Crippen molar-refractivity contribution in [3.05, 3.63) is 60.1 Å². The molecule has 9 nitrogen and oxygen atoms in total. The van der Waals surface area contributed by atoms with Gasteiger partial charge in [-0.3, -0.25) is 9.59 Å². The van der Waals surface area contributed by atoms with Gasteiger partial charge in [0.2, 0.25) is 23.4 Å². The molecule has 40 heavy (non-hydrogen) atoms. The van der Waals surface area contributed by atoms with Gasteiger partial charge >= 0.3 is 6.18 Å². The van der Waals surface area contributed by atoms with Crippen molar-refractivity contribution in [3.63, 3.8) is 0 Å². The Balaban J connectivity index is 1.45. The number of carbonyl (C=O) groups is 2. The first kappa shape index (κ1) is 29.1. The minimum absolute atomic E-state index is 0.0675. The maximum absolute atomic E-state index is 13.7. The smallest absolute Gasteiger partial charge is 0.437 e. The summed E-state index contributed by atoms with van der Waals surface area (Å²) in [6, 6.07) is 10.1. The Labute approximate surface area is 230 Å². The molecule has 4 rings (SSSR count). The van der Waals surface area contributed by atoms with Crippen LogP contribution in [0.3, 0.4) is 0 Å². The summed E-state index contributed by atoms with van der Waals surface area (Å²) in [5.41, 5.74) is -0.815. The van der Waals surface area contributed by atoms with Crippen molar-refractivity contribution in [3.8, 4) is 17.3 Å². The summed E-state index contributed by atoms with van der Waals surface area (Å²) in [5, 5.41) is 5.07. The second-order valence-electron chi connectivity index (χ2n) is 9.72. The van der Waals surface area contributed by atoms with Crippen LogP contribution in [0, 0.1) is 0 Å². The third-order valence-corrected chi connectivity index (χ3v) is 6.55. The number of hydrogen-bond donors (Lipinski definition) is 2. The van der Waals surface area contributed by atoms with Crippen molar-refractivity contribution in [2.75, 3.05) is 25.5 Å². The van der Waals surface area contributed by atoms with Gasteiger partial charge in [-0.15, -0.1) is 0 Å². The largest absolute Gasteiger partial charge is 0.474 e. The Morgan fingerprint density at radius 3 is 2.50 bits per heavy atom. The van der Waals surface area contributed by atoms with Gasteiger partial charge in [-0.2, -0.15) is 13.2 Å². The van der Waals surface area contributed by atoms with Gasteiger partial charge in [-0.25, -0.2) is 9.97 Å². The summed E-state index contributed by atoms with van der Waals surface area (Å²) in [6.07, 6.45) is -0.181. The number of aromatic nitrogens is 2. The normalized spacial score (nSPS) is 15.4. The van der Waals surface area contributed by atoms with Crippen molar-refractivity contribution >= 4 is 17.5 Å².